The molecule has 11 heteroatoms. The Kier molecular flexibility index (Phi) is 7.22. The highest BCUT2D eigenvalue weighted by molar-refractivity contribution is 5.92. The quantitative estimate of drug-likeness (QED) is 0.545. The Balaban J connectivity index is 1.48. The summed E-state index contributed by atoms with van der Waals surface area (Å²) in [7, 11) is 0. The first kappa shape index (κ1) is 24.6. The van der Waals surface area contributed by atoms with Crippen LogP contribution in [0.2, 0.25) is 0 Å². The Morgan fingerprint density at radius 1 is 1.14 bits per heavy atom. The molecule has 2 aliphatic rings. The second-order valence-corrected chi connectivity index (χ2v) is 9.04. The van der Waals surface area contributed by atoms with Crippen molar-refractivity contribution in [2.75, 3.05) is 43.1 Å². The molecule has 2 N–H and O–H groups in total. The van der Waals surface area contributed by atoms with Gasteiger partial charge in [-0.25, -0.2) is 19.7 Å². The Bertz CT molecular complexity index is 1270. The number of anilines is 2. The minimum absolute atomic E-state index is 0.166. The lowest BCUT2D eigenvalue weighted by atomic mass is 10.0. The molecule has 1 saturated heterocycles. The first-order valence-corrected chi connectivity index (χ1v) is 12.5. The predicted octanol–water partition coefficient (Wildman–Crippen LogP) is 2.50. The van der Waals surface area contributed by atoms with Crippen LogP contribution < -0.4 is 15.5 Å². The highest BCUT2D eigenvalue weighted by Gasteiger charge is 2.31. The van der Waals surface area contributed by atoms with Crippen LogP contribution >= 0.6 is 0 Å². The number of rotatable bonds is 5. The van der Waals surface area contributed by atoms with Gasteiger partial charge in [0.15, 0.2) is 5.82 Å². The number of urea groups is 1. The number of carbonyl (C=O) groups is 2. The van der Waals surface area contributed by atoms with Gasteiger partial charge in [-0.3, -0.25) is 9.78 Å². The normalized spacial score (nSPS) is 17.2. The van der Waals surface area contributed by atoms with Crippen molar-refractivity contribution in [3.05, 3.63) is 59.8 Å². The van der Waals surface area contributed by atoms with Crippen LogP contribution in [0.15, 0.2) is 42.9 Å². The third-order valence-electron chi connectivity index (χ3n) is 6.49. The molecule has 5 rings (SSSR count). The minimum atomic E-state index is -0.253. The van der Waals surface area contributed by atoms with Gasteiger partial charge in [0.2, 0.25) is 0 Å². The SMILES string of the molecule is CCNC(=O)Nc1ccc(-c2nc3c(c(N4CCOC[C@@H]4C)n2)CCN(C(=O)c2cnccn2)C3)cc1. The van der Waals surface area contributed by atoms with Gasteiger partial charge in [0.1, 0.15) is 11.5 Å². The number of amides is 3. The van der Waals surface area contributed by atoms with Crippen LogP contribution in [-0.2, 0) is 17.7 Å². The molecular weight excluding hydrogens is 472 g/mol. The van der Waals surface area contributed by atoms with Gasteiger partial charge in [0.25, 0.3) is 5.91 Å². The van der Waals surface area contributed by atoms with E-state index in [1.807, 2.05) is 31.2 Å². The predicted molar refractivity (Wildman–Crippen MR) is 138 cm³/mol. The Hall–Kier alpha value is -4.12. The lowest BCUT2D eigenvalue weighted by Crippen LogP contribution is -2.46. The zero-order chi connectivity index (χ0) is 25.8. The summed E-state index contributed by atoms with van der Waals surface area (Å²) in [6.07, 6.45) is 5.21. The smallest absolute Gasteiger partial charge is 0.319 e. The molecule has 11 nitrogen and oxygen atoms in total. The molecule has 0 spiro atoms. The molecule has 3 aromatic rings. The van der Waals surface area contributed by atoms with Gasteiger partial charge in [-0.05, 0) is 44.5 Å². The summed E-state index contributed by atoms with van der Waals surface area (Å²) in [4.78, 5) is 47.1. The number of aromatic nitrogens is 4. The first-order chi connectivity index (χ1) is 18.0. The number of benzene rings is 1. The molecule has 2 aromatic heterocycles. The molecule has 4 heterocycles. The molecule has 1 aromatic carbocycles. The van der Waals surface area contributed by atoms with Crippen molar-refractivity contribution in [3.8, 4) is 11.4 Å². The van der Waals surface area contributed by atoms with Crippen molar-refractivity contribution < 1.29 is 14.3 Å². The van der Waals surface area contributed by atoms with Crippen LogP contribution in [0, 0.1) is 0 Å². The average molecular weight is 503 g/mol. The fraction of sp³-hybridized carbons (Fsp3) is 0.385. The van der Waals surface area contributed by atoms with Crippen LogP contribution in [0.4, 0.5) is 16.3 Å². The molecule has 37 heavy (non-hydrogen) atoms. The van der Waals surface area contributed by atoms with E-state index in [-0.39, 0.29) is 18.0 Å². The van der Waals surface area contributed by atoms with Crippen molar-refractivity contribution in [2.24, 2.45) is 0 Å². The van der Waals surface area contributed by atoms with E-state index in [0.717, 1.165) is 29.2 Å². The highest BCUT2D eigenvalue weighted by atomic mass is 16.5. The van der Waals surface area contributed by atoms with E-state index >= 15 is 0 Å². The standard InChI is InChI=1S/C26H30N8O3/c1-3-28-26(36)30-19-6-4-18(5-7-19)23-31-22-15-33(25(35)21-14-27-9-10-29-21)11-8-20(22)24(32-23)34-12-13-37-16-17(34)2/h4-7,9-10,14,17H,3,8,11-13,15-16H2,1-2H3,(H2,28,30,36)/t17-/m0/s1. The topological polar surface area (TPSA) is 125 Å². The van der Waals surface area contributed by atoms with Crippen molar-refractivity contribution >= 4 is 23.4 Å². The second kappa shape index (κ2) is 10.9. The van der Waals surface area contributed by atoms with E-state index in [2.05, 4.69) is 32.4 Å². The van der Waals surface area contributed by atoms with E-state index in [9.17, 15) is 9.59 Å². The lowest BCUT2D eigenvalue weighted by molar-refractivity contribution is 0.0725. The van der Waals surface area contributed by atoms with Crippen molar-refractivity contribution in [3.63, 3.8) is 0 Å². The van der Waals surface area contributed by atoms with Gasteiger partial charge in [0.05, 0.1) is 37.7 Å². The lowest BCUT2D eigenvalue weighted by Gasteiger charge is -2.37. The maximum atomic E-state index is 13.1. The fourth-order valence-corrected chi connectivity index (χ4v) is 4.60. The van der Waals surface area contributed by atoms with Crippen molar-refractivity contribution in [2.45, 2.75) is 32.9 Å². The summed E-state index contributed by atoms with van der Waals surface area (Å²) in [6, 6.07) is 7.35. The van der Waals surface area contributed by atoms with E-state index in [4.69, 9.17) is 14.7 Å². The molecule has 3 amide bonds. The van der Waals surface area contributed by atoms with Gasteiger partial charge in [-0.2, -0.15) is 0 Å². The monoisotopic (exact) mass is 502 g/mol. The summed E-state index contributed by atoms with van der Waals surface area (Å²) in [5.74, 6) is 1.30. The van der Waals surface area contributed by atoms with Crippen LogP contribution in [0.25, 0.3) is 11.4 Å². The molecule has 2 aliphatic heterocycles. The minimum Gasteiger partial charge on any atom is -0.377 e. The largest absolute Gasteiger partial charge is 0.377 e. The van der Waals surface area contributed by atoms with E-state index < -0.39 is 0 Å². The van der Waals surface area contributed by atoms with Crippen LogP contribution in [0.1, 0.15) is 35.6 Å². The summed E-state index contributed by atoms with van der Waals surface area (Å²) in [6.45, 7) is 7.46. The fourth-order valence-electron chi connectivity index (χ4n) is 4.60. The molecule has 0 saturated carbocycles. The molecular formula is C26H30N8O3. The number of morpholine rings is 1. The summed E-state index contributed by atoms with van der Waals surface area (Å²) < 4.78 is 5.66. The van der Waals surface area contributed by atoms with Gasteiger partial charge in [0, 0.05) is 48.8 Å². The summed E-state index contributed by atoms with van der Waals surface area (Å²) >= 11 is 0. The number of fused-ring (bicyclic) bond motifs is 1. The zero-order valence-corrected chi connectivity index (χ0v) is 21.0. The second-order valence-electron chi connectivity index (χ2n) is 9.04. The first-order valence-electron chi connectivity index (χ1n) is 12.5. The Labute approximate surface area is 215 Å². The van der Waals surface area contributed by atoms with Crippen LogP contribution in [0.5, 0.6) is 0 Å². The average Bonchev–Trinajstić information content (AvgIpc) is 2.93. The van der Waals surface area contributed by atoms with E-state index in [0.29, 0.717) is 56.5 Å². The van der Waals surface area contributed by atoms with E-state index in [1.165, 1.54) is 12.4 Å². The molecule has 1 atom stereocenters. The molecule has 0 radical (unpaired) electrons. The molecule has 1 fully saturated rings. The molecule has 0 aliphatic carbocycles. The highest BCUT2D eigenvalue weighted by Crippen LogP contribution is 2.32. The van der Waals surface area contributed by atoms with Crippen LogP contribution in [0.3, 0.4) is 0 Å². The number of hydrogen-bond donors (Lipinski definition) is 2. The van der Waals surface area contributed by atoms with Crippen molar-refractivity contribution in [1.82, 2.24) is 30.2 Å². The summed E-state index contributed by atoms with van der Waals surface area (Å²) in [5, 5.41) is 5.52. The zero-order valence-electron chi connectivity index (χ0n) is 21.0. The number of nitrogens with one attached hydrogen (secondary N) is 2. The van der Waals surface area contributed by atoms with Crippen molar-refractivity contribution in [1.29, 1.82) is 0 Å². The van der Waals surface area contributed by atoms with E-state index in [1.54, 1.807) is 11.1 Å². The number of ether oxygens (including phenoxy) is 1. The summed E-state index contributed by atoms with van der Waals surface area (Å²) in [5.41, 5.74) is 3.71. The maximum Gasteiger partial charge on any atom is 0.319 e. The maximum absolute atomic E-state index is 13.1. The van der Waals surface area contributed by atoms with Crippen LogP contribution in [-0.4, -0.2) is 75.7 Å². The third-order valence-corrected chi connectivity index (χ3v) is 6.49. The Morgan fingerprint density at radius 3 is 2.70 bits per heavy atom. The molecule has 192 valence electrons. The molecule has 0 unspecified atom stereocenters. The molecule has 0 bridgehead atoms. The third kappa shape index (κ3) is 5.36. The number of nitrogens with zero attached hydrogens (tertiary/aromatic N) is 6. The van der Waals surface area contributed by atoms with Gasteiger partial charge in [-0.1, -0.05) is 0 Å². The number of carbonyl (C=O) groups excluding carboxylic acids is 2. The Morgan fingerprint density at radius 2 is 1.97 bits per heavy atom. The number of hydrogen-bond acceptors (Lipinski definition) is 8. The van der Waals surface area contributed by atoms with Gasteiger partial charge in [-0.15, -0.1) is 0 Å². The van der Waals surface area contributed by atoms with Gasteiger partial charge < -0.3 is 25.2 Å². The van der Waals surface area contributed by atoms with Gasteiger partial charge >= 0.3 is 6.03 Å².